The lowest BCUT2D eigenvalue weighted by atomic mass is 9.95. The largest absolute Gasteiger partial charge is 0.508 e. The number of rotatable bonds is 13. The van der Waals surface area contributed by atoms with Crippen molar-refractivity contribution in [1.29, 1.82) is 0 Å². The van der Waals surface area contributed by atoms with Crippen LogP contribution in [-0.4, -0.2) is 65.0 Å². The third kappa shape index (κ3) is 6.46. The Labute approximate surface area is 214 Å². The molecule has 7 nitrogen and oxygen atoms in total. The molecule has 0 bridgehead atoms. The van der Waals surface area contributed by atoms with Crippen LogP contribution in [0.15, 0.2) is 54.1 Å². The van der Waals surface area contributed by atoms with Gasteiger partial charge in [0.2, 0.25) is 0 Å². The van der Waals surface area contributed by atoms with Crippen molar-refractivity contribution in [3.8, 4) is 11.5 Å². The molecule has 194 valence electrons. The number of aliphatic hydroxyl groups is 1. The summed E-state index contributed by atoms with van der Waals surface area (Å²) in [6, 6.07) is 12.4. The number of carbonyl (C=O) groups excluding carboxylic acids is 2. The standard InChI is InChI=1S/C29H38N2O5/c1-4-6-17-30(18-7-5-2)19-8-20-31-26(21-9-13-23(32)14-10-21)25(28(34)29(31)35)27(33)22-11-15-24(36-3)16-12-22/h9-16,26,32-33H,4-8,17-20H2,1-3H3. The van der Waals surface area contributed by atoms with Gasteiger partial charge in [-0.1, -0.05) is 38.8 Å². The summed E-state index contributed by atoms with van der Waals surface area (Å²) >= 11 is 0. The molecule has 1 aliphatic heterocycles. The second-order valence-electron chi connectivity index (χ2n) is 9.21. The van der Waals surface area contributed by atoms with Gasteiger partial charge in [0, 0.05) is 12.1 Å². The lowest BCUT2D eigenvalue weighted by Gasteiger charge is -2.27. The minimum absolute atomic E-state index is 0.0599. The van der Waals surface area contributed by atoms with Crippen LogP contribution in [0, 0.1) is 0 Å². The highest BCUT2D eigenvalue weighted by molar-refractivity contribution is 6.46. The van der Waals surface area contributed by atoms with Crippen LogP contribution in [0.25, 0.3) is 5.76 Å². The van der Waals surface area contributed by atoms with E-state index in [0.717, 1.165) is 51.7 Å². The molecule has 1 fully saturated rings. The van der Waals surface area contributed by atoms with Crippen molar-refractivity contribution in [2.24, 2.45) is 0 Å². The van der Waals surface area contributed by atoms with Crippen LogP contribution in [0.2, 0.25) is 0 Å². The first kappa shape index (κ1) is 27.3. The van der Waals surface area contributed by atoms with Crippen molar-refractivity contribution in [1.82, 2.24) is 9.80 Å². The number of methoxy groups -OCH3 is 1. The van der Waals surface area contributed by atoms with Crippen molar-refractivity contribution >= 4 is 17.4 Å². The number of likely N-dealkylation sites (tertiary alicyclic amines) is 1. The third-order valence-corrected chi connectivity index (χ3v) is 6.64. The van der Waals surface area contributed by atoms with Gasteiger partial charge >= 0.3 is 0 Å². The second-order valence-corrected chi connectivity index (χ2v) is 9.21. The first-order valence-corrected chi connectivity index (χ1v) is 12.8. The summed E-state index contributed by atoms with van der Waals surface area (Å²) in [5.41, 5.74) is 1.16. The smallest absolute Gasteiger partial charge is 0.295 e. The van der Waals surface area contributed by atoms with Crippen molar-refractivity contribution in [2.45, 2.75) is 52.0 Å². The fourth-order valence-corrected chi connectivity index (χ4v) is 4.58. The number of ether oxygens (including phenoxy) is 1. The molecule has 3 rings (SSSR count). The Balaban J connectivity index is 1.90. The van der Waals surface area contributed by atoms with Gasteiger partial charge in [0.1, 0.15) is 17.3 Å². The van der Waals surface area contributed by atoms with Gasteiger partial charge in [0.05, 0.1) is 18.7 Å². The van der Waals surface area contributed by atoms with Gasteiger partial charge in [-0.2, -0.15) is 0 Å². The molecule has 36 heavy (non-hydrogen) atoms. The Bertz CT molecular complexity index is 1040. The highest BCUT2D eigenvalue weighted by Gasteiger charge is 2.45. The van der Waals surface area contributed by atoms with Gasteiger partial charge in [-0.25, -0.2) is 0 Å². The van der Waals surface area contributed by atoms with Gasteiger partial charge in [-0.3, -0.25) is 9.59 Å². The summed E-state index contributed by atoms with van der Waals surface area (Å²) in [5.74, 6) is -0.817. The first-order chi connectivity index (χ1) is 17.4. The van der Waals surface area contributed by atoms with E-state index >= 15 is 0 Å². The van der Waals surface area contributed by atoms with E-state index in [-0.39, 0.29) is 17.1 Å². The summed E-state index contributed by atoms with van der Waals surface area (Å²) in [5, 5.41) is 21.0. The Morgan fingerprint density at radius 1 is 0.917 bits per heavy atom. The fraction of sp³-hybridized carbons (Fsp3) is 0.448. The number of aromatic hydroxyl groups is 1. The van der Waals surface area contributed by atoms with E-state index in [4.69, 9.17) is 4.74 Å². The van der Waals surface area contributed by atoms with E-state index < -0.39 is 17.7 Å². The molecule has 1 amide bonds. The molecule has 1 aliphatic rings. The summed E-state index contributed by atoms with van der Waals surface area (Å²) < 4.78 is 5.19. The SMILES string of the molecule is CCCCN(CCCC)CCCN1C(=O)C(=O)C(=C(O)c2ccc(OC)cc2)C1c1ccc(O)cc1. The molecule has 2 aromatic carbocycles. The van der Waals surface area contributed by atoms with Crippen molar-refractivity contribution in [3.05, 3.63) is 65.2 Å². The second kappa shape index (κ2) is 13.1. The molecule has 1 atom stereocenters. The number of Topliss-reactive ketones (excluding diaryl/α,β-unsaturated/α-hetero) is 1. The molecular weight excluding hydrogens is 456 g/mol. The van der Waals surface area contributed by atoms with Gasteiger partial charge in [0.25, 0.3) is 11.7 Å². The van der Waals surface area contributed by atoms with Gasteiger partial charge < -0.3 is 24.7 Å². The zero-order valence-corrected chi connectivity index (χ0v) is 21.6. The summed E-state index contributed by atoms with van der Waals surface area (Å²) in [4.78, 5) is 30.3. The Kier molecular flexibility index (Phi) is 9.94. The highest BCUT2D eigenvalue weighted by atomic mass is 16.5. The lowest BCUT2D eigenvalue weighted by molar-refractivity contribution is -0.140. The van der Waals surface area contributed by atoms with E-state index in [0.29, 0.717) is 23.4 Å². The van der Waals surface area contributed by atoms with Crippen molar-refractivity contribution in [2.75, 3.05) is 33.3 Å². The fourth-order valence-electron chi connectivity index (χ4n) is 4.58. The normalized spacial score (nSPS) is 17.2. The average molecular weight is 495 g/mol. The number of hydrogen-bond acceptors (Lipinski definition) is 6. The summed E-state index contributed by atoms with van der Waals surface area (Å²) in [7, 11) is 1.55. The number of nitrogens with zero attached hydrogens (tertiary/aromatic N) is 2. The quantitative estimate of drug-likeness (QED) is 0.228. The van der Waals surface area contributed by atoms with E-state index in [2.05, 4.69) is 18.7 Å². The summed E-state index contributed by atoms with van der Waals surface area (Å²) in [6.07, 6.45) is 5.23. The van der Waals surface area contributed by atoms with Crippen molar-refractivity contribution in [3.63, 3.8) is 0 Å². The molecule has 0 aromatic heterocycles. The lowest BCUT2D eigenvalue weighted by Crippen LogP contribution is -2.34. The van der Waals surface area contributed by atoms with Gasteiger partial charge in [0.15, 0.2) is 0 Å². The number of carbonyl (C=O) groups is 2. The van der Waals surface area contributed by atoms with E-state index in [1.54, 1.807) is 48.4 Å². The number of unbranched alkanes of at least 4 members (excludes halogenated alkanes) is 2. The van der Waals surface area contributed by atoms with Crippen LogP contribution in [0.4, 0.5) is 0 Å². The number of phenols is 1. The monoisotopic (exact) mass is 494 g/mol. The number of benzene rings is 2. The predicted octanol–water partition coefficient (Wildman–Crippen LogP) is 5.11. The van der Waals surface area contributed by atoms with Gasteiger partial charge in [-0.15, -0.1) is 0 Å². The van der Waals surface area contributed by atoms with Crippen LogP contribution in [0.5, 0.6) is 11.5 Å². The minimum atomic E-state index is -0.729. The molecular formula is C29H38N2O5. The number of hydrogen-bond donors (Lipinski definition) is 2. The molecule has 0 radical (unpaired) electrons. The number of ketones is 1. The van der Waals surface area contributed by atoms with Crippen LogP contribution < -0.4 is 4.74 Å². The predicted molar refractivity (Wildman–Crippen MR) is 141 cm³/mol. The zero-order valence-electron chi connectivity index (χ0n) is 21.6. The van der Waals surface area contributed by atoms with Gasteiger partial charge in [-0.05, 0) is 80.9 Å². The average Bonchev–Trinajstić information content (AvgIpc) is 3.15. The molecule has 2 aromatic rings. The number of phenolic OH excluding ortho intramolecular Hbond substituents is 1. The van der Waals surface area contributed by atoms with Crippen LogP contribution >= 0.6 is 0 Å². The number of aliphatic hydroxyl groups excluding tert-OH is 1. The molecule has 1 unspecified atom stereocenters. The molecule has 7 heteroatoms. The van der Waals surface area contributed by atoms with Crippen LogP contribution in [0.3, 0.4) is 0 Å². The Morgan fingerprint density at radius 2 is 1.50 bits per heavy atom. The highest BCUT2D eigenvalue weighted by Crippen LogP contribution is 2.40. The zero-order chi connectivity index (χ0) is 26.1. The molecule has 1 saturated heterocycles. The molecule has 0 saturated carbocycles. The van der Waals surface area contributed by atoms with Crippen molar-refractivity contribution < 1.29 is 24.5 Å². The Hall–Kier alpha value is -3.32. The van der Waals surface area contributed by atoms with E-state index in [1.165, 1.54) is 12.1 Å². The van der Waals surface area contributed by atoms with E-state index in [1.807, 2.05) is 0 Å². The first-order valence-electron chi connectivity index (χ1n) is 12.8. The Morgan fingerprint density at radius 3 is 2.06 bits per heavy atom. The van der Waals surface area contributed by atoms with Crippen LogP contribution in [0.1, 0.15) is 63.1 Å². The number of amides is 1. The maximum atomic E-state index is 13.2. The summed E-state index contributed by atoms with van der Waals surface area (Å²) in [6.45, 7) is 7.63. The van der Waals surface area contributed by atoms with Crippen LogP contribution in [-0.2, 0) is 9.59 Å². The maximum Gasteiger partial charge on any atom is 0.295 e. The third-order valence-electron chi connectivity index (χ3n) is 6.64. The maximum absolute atomic E-state index is 13.2. The molecule has 0 aliphatic carbocycles. The minimum Gasteiger partial charge on any atom is -0.508 e. The topological polar surface area (TPSA) is 90.3 Å². The molecule has 0 spiro atoms. The molecule has 1 heterocycles. The molecule has 2 N–H and O–H groups in total. The van der Waals surface area contributed by atoms with E-state index in [9.17, 15) is 19.8 Å².